The number of sulfonamides is 1. The van der Waals surface area contributed by atoms with Crippen LogP contribution in [0.5, 0.6) is 0 Å². The number of nitriles is 1. The number of benzene rings is 1. The van der Waals surface area contributed by atoms with Crippen molar-refractivity contribution < 1.29 is 17.9 Å². The number of hydrogen-bond donors (Lipinski definition) is 1. The Hall–Kier alpha value is -1.59. The summed E-state index contributed by atoms with van der Waals surface area (Å²) in [4.78, 5) is 11.1. The summed E-state index contributed by atoms with van der Waals surface area (Å²) in [6.07, 6.45) is -0.237. The van der Waals surface area contributed by atoms with E-state index in [1.165, 1.54) is 12.1 Å². The quantitative estimate of drug-likeness (QED) is 0.782. The Bertz CT molecular complexity index is 637. The second kappa shape index (κ2) is 7.26. The fraction of sp³-hybridized carbons (Fsp3) is 0.333. The van der Waals surface area contributed by atoms with E-state index in [1.807, 2.05) is 6.07 Å². The Morgan fingerprint density at radius 3 is 2.80 bits per heavy atom. The first kappa shape index (κ1) is 16.5. The number of nitrogens with one attached hydrogen (secondary N) is 1. The molecule has 0 aliphatic heterocycles. The number of halogens is 1. The van der Waals surface area contributed by atoms with Crippen molar-refractivity contribution in [3.05, 3.63) is 28.2 Å². The molecular weight excluding hydrogens is 348 g/mol. The molecule has 0 fully saturated rings. The predicted octanol–water partition coefficient (Wildman–Crippen LogP) is 2.02. The molecular formula is C12H13BrN2O4S. The molecule has 0 aromatic heterocycles. The molecule has 0 atom stereocenters. The maximum atomic E-state index is 11.8. The van der Waals surface area contributed by atoms with Crippen molar-refractivity contribution in [1.29, 1.82) is 5.26 Å². The smallest absolute Gasteiger partial charge is 0.306 e. The fourth-order valence-corrected chi connectivity index (χ4v) is 2.77. The van der Waals surface area contributed by atoms with Crippen LogP contribution in [-0.4, -0.2) is 26.7 Å². The Morgan fingerprint density at radius 1 is 1.50 bits per heavy atom. The number of nitrogens with zero attached hydrogens (tertiary/aromatic N) is 1. The standard InChI is InChI=1S/C12H13BrN2O4S/c1-2-19-12(16)5-6-20(17,18)15-11-7-10(13)4-3-9(11)8-14/h3-4,7,15H,2,5-6H2,1H3. The summed E-state index contributed by atoms with van der Waals surface area (Å²) in [7, 11) is -3.72. The van der Waals surface area contributed by atoms with Gasteiger partial charge in [-0.15, -0.1) is 0 Å². The van der Waals surface area contributed by atoms with Gasteiger partial charge in [0.15, 0.2) is 0 Å². The van der Waals surface area contributed by atoms with Gasteiger partial charge in [-0.3, -0.25) is 9.52 Å². The van der Waals surface area contributed by atoms with Crippen LogP contribution in [0.15, 0.2) is 22.7 Å². The van der Waals surface area contributed by atoms with Crippen LogP contribution in [0.3, 0.4) is 0 Å². The van der Waals surface area contributed by atoms with E-state index >= 15 is 0 Å². The van der Waals surface area contributed by atoms with Gasteiger partial charge in [0.05, 0.1) is 30.0 Å². The first-order valence-corrected chi connectivity index (χ1v) is 8.18. The molecule has 0 aliphatic carbocycles. The third-order valence-corrected chi connectivity index (χ3v) is 4.01. The van der Waals surface area contributed by atoms with E-state index in [0.717, 1.165) is 0 Å². The normalized spacial score (nSPS) is 10.7. The lowest BCUT2D eigenvalue weighted by molar-refractivity contribution is -0.142. The monoisotopic (exact) mass is 360 g/mol. The van der Waals surface area contributed by atoms with Crippen molar-refractivity contribution in [2.75, 3.05) is 17.1 Å². The van der Waals surface area contributed by atoms with Crippen molar-refractivity contribution in [2.45, 2.75) is 13.3 Å². The van der Waals surface area contributed by atoms with Crippen LogP contribution < -0.4 is 4.72 Å². The SMILES string of the molecule is CCOC(=O)CCS(=O)(=O)Nc1cc(Br)ccc1C#N. The maximum Gasteiger partial charge on any atom is 0.306 e. The highest BCUT2D eigenvalue weighted by atomic mass is 79.9. The molecule has 108 valence electrons. The Morgan fingerprint density at radius 2 is 2.20 bits per heavy atom. The van der Waals surface area contributed by atoms with Crippen LogP contribution >= 0.6 is 15.9 Å². The van der Waals surface area contributed by atoms with Gasteiger partial charge in [0.25, 0.3) is 0 Å². The molecule has 0 spiro atoms. The second-order valence-electron chi connectivity index (χ2n) is 3.78. The number of carbonyl (C=O) groups excluding carboxylic acids is 1. The highest BCUT2D eigenvalue weighted by Gasteiger charge is 2.16. The number of rotatable bonds is 6. The molecule has 1 aromatic carbocycles. The zero-order chi connectivity index (χ0) is 15.2. The zero-order valence-electron chi connectivity index (χ0n) is 10.7. The molecule has 0 amide bonds. The van der Waals surface area contributed by atoms with Crippen LogP contribution in [-0.2, 0) is 19.6 Å². The van der Waals surface area contributed by atoms with Gasteiger partial charge in [0, 0.05) is 4.47 Å². The molecule has 0 radical (unpaired) electrons. The number of anilines is 1. The topological polar surface area (TPSA) is 96.3 Å². The third-order valence-electron chi connectivity index (χ3n) is 2.25. The molecule has 6 nitrogen and oxygen atoms in total. The summed E-state index contributed by atoms with van der Waals surface area (Å²) in [5.41, 5.74) is 0.374. The molecule has 0 heterocycles. The van der Waals surface area contributed by atoms with Crippen molar-refractivity contribution in [3.63, 3.8) is 0 Å². The number of esters is 1. The summed E-state index contributed by atoms with van der Waals surface area (Å²) in [6, 6.07) is 6.50. The van der Waals surface area contributed by atoms with Crippen molar-refractivity contribution in [1.82, 2.24) is 0 Å². The van der Waals surface area contributed by atoms with E-state index in [2.05, 4.69) is 25.4 Å². The molecule has 1 aromatic rings. The second-order valence-corrected chi connectivity index (χ2v) is 6.54. The van der Waals surface area contributed by atoms with Gasteiger partial charge in [0.1, 0.15) is 6.07 Å². The first-order valence-electron chi connectivity index (χ1n) is 5.73. The van der Waals surface area contributed by atoms with E-state index < -0.39 is 21.7 Å². The van der Waals surface area contributed by atoms with Crippen LogP contribution in [0, 0.1) is 11.3 Å². The van der Waals surface area contributed by atoms with Crippen molar-refractivity contribution in [2.24, 2.45) is 0 Å². The maximum absolute atomic E-state index is 11.8. The lowest BCUT2D eigenvalue weighted by Crippen LogP contribution is -2.20. The van der Waals surface area contributed by atoms with E-state index in [0.29, 0.717) is 4.47 Å². The Balaban J connectivity index is 2.79. The van der Waals surface area contributed by atoms with Crippen LogP contribution in [0.4, 0.5) is 5.69 Å². The van der Waals surface area contributed by atoms with Gasteiger partial charge in [-0.25, -0.2) is 8.42 Å². The first-order chi connectivity index (χ1) is 9.38. The van der Waals surface area contributed by atoms with Crippen molar-refractivity contribution in [3.8, 4) is 6.07 Å². The molecule has 0 saturated heterocycles. The van der Waals surface area contributed by atoms with E-state index in [4.69, 9.17) is 5.26 Å². The van der Waals surface area contributed by atoms with Gasteiger partial charge < -0.3 is 4.74 Å². The Labute approximate surface area is 125 Å². The molecule has 20 heavy (non-hydrogen) atoms. The number of ether oxygens (including phenoxy) is 1. The molecule has 0 aliphatic rings. The average Bonchev–Trinajstić information content (AvgIpc) is 2.37. The highest BCUT2D eigenvalue weighted by Crippen LogP contribution is 2.22. The van der Waals surface area contributed by atoms with Gasteiger partial charge in [-0.2, -0.15) is 5.26 Å². The zero-order valence-corrected chi connectivity index (χ0v) is 13.1. The van der Waals surface area contributed by atoms with Crippen LogP contribution in [0.1, 0.15) is 18.9 Å². The highest BCUT2D eigenvalue weighted by molar-refractivity contribution is 9.10. The van der Waals surface area contributed by atoms with E-state index in [-0.39, 0.29) is 24.3 Å². The summed E-state index contributed by atoms with van der Waals surface area (Å²) < 4.78 is 31.3. The largest absolute Gasteiger partial charge is 0.466 e. The molecule has 1 rings (SSSR count). The molecule has 8 heteroatoms. The summed E-state index contributed by atoms with van der Waals surface area (Å²) in [6.45, 7) is 1.85. The van der Waals surface area contributed by atoms with Crippen molar-refractivity contribution >= 4 is 37.6 Å². The minimum Gasteiger partial charge on any atom is -0.466 e. The summed E-state index contributed by atoms with van der Waals surface area (Å²) >= 11 is 3.20. The fourth-order valence-electron chi connectivity index (χ4n) is 1.37. The van der Waals surface area contributed by atoms with Gasteiger partial charge in [-0.1, -0.05) is 15.9 Å². The lowest BCUT2D eigenvalue weighted by atomic mass is 10.2. The van der Waals surface area contributed by atoms with Crippen LogP contribution in [0.25, 0.3) is 0 Å². The molecule has 1 N–H and O–H groups in total. The number of carbonyl (C=O) groups is 1. The van der Waals surface area contributed by atoms with E-state index in [1.54, 1.807) is 13.0 Å². The van der Waals surface area contributed by atoms with Gasteiger partial charge in [-0.05, 0) is 25.1 Å². The van der Waals surface area contributed by atoms with Crippen LogP contribution in [0.2, 0.25) is 0 Å². The molecule has 0 saturated carbocycles. The minimum absolute atomic E-state index is 0.172. The summed E-state index contributed by atoms with van der Waals surface area (Å²) in [5, 5.41) is 8.92. The number of hydrogen-bond acceptors (Lipinski definition) is 5. The minimum atomic E-state index is -3.72. The van der Waals surface area contributed by atoms with E-state index in [9.17, 15) is 13.2 Å². The Kier molecular flexibility index (Phi) is 5.98. The average molecular weight is 361 g/mol. The molecule has 0 unspecified atom stereocenters. The van der Waals surface area contributed by atoms with Gasteiger partial charge in [0.2, 0.25) is 10.0 Å². The third kappa shape index (κ3) is 5.19. The predicted molar refractivity (Wildman–Crippen MR) is 77.5 cm³/mol. The molecule has 0 bridgehead atoms. The summed E-state index contributed by atoms with van der Waals surface area (Å²) in [5.74, 6) is -0.976. The lowest BCUT2D eigenvalue weighted by Gasteiger charge is -2.09. The van der Waals surface area contributed by atoms with Gasteiger partial charge >= 0.3 is 5.97 Å².